The molecule has 0 unspecified atom stereocenters. The van der Waals surface area contributed by atoms with Crippen molar-refractivity contribution in [2.75, 3.05) is 6.54 Å². The van der Waals surface area contributed by atoms with Crippen molar-refractivity contribution in [2.45, 2.75) is 52.0 Å². The summed E-state index contributed by atoms with van der Waals surface area (Å²) in [5.74, 6) is -2.42. The van der Waals surface area contributed by atoms with Crippen LogP contribution >= 0.6 is 0 Å². The quantitative estimate of drug-likeness (QED) is 0.700. The fourth-order valence-electron chi connectivity index (χ4n) is 1.98. The van der Waals surface area contributed by atoms with Gasteiger partial charge in [-0.05, 0) is 25.8 Å². The monoisotopic (exact) mass is 273 g/mol. The Balaban J connectivity index is 2.23. The molecule has 1 aromatic carbocycles. The van der Waals surface area contributed by atoms with E-state index in [9.17, 15) is 13.2 Å². The van der Waals surface area contributed by atoms with Crippen molar-refractivity contribution in [1.29, 1.82) is 0 Å². The first-order valence-electron chi connectivity index (χ1n) is 6.87. The third kappa shape index (κ3) is 6.10. The molecule has 0 aliphatic rings. The molecule has 1 N–H and O–H groups in total. The highest BCUT2D eigenvalue weighted by Gasteiger charge is 2.10. The Hall–Kier alpha value is -1.03. The molecule has 0 aliphatic carbocycles. The number of rotatable bonds is 8. The number of unbranched alkanes of at least 4 members (excludes halogenated alkanes) is 3. The minimum atomic E-state index is -0.862. The molecule has 0 spiro atoms. The maximum Gasteiger partial charge on any atom is 0.132 e. The van der Waals surface area contributed by atoms with Gasteiger partial charge in [-0.1, -0.05) is 26.7 Å². The number of hydrogen-bond donors (Lipinski definition) is 1. The van der Waals surface area contributed by atoms with Gasteiger partial charge < -0.3 is 5.32 Å². The van der Waals surface area contributed by atoms with Gasteiger partial charge in [-0.25, -0.2) is 13.2 Å². The van der Waals surface area contributed by atoms with Crippen molar-refractivity contribution in [2.24, 2.45) is 0 Å². The second-order valence-electron chi connectivity index (χ2n) is 5.12. The summed E-state index contributed by atoms with van der Waals surface area (Å²) in [6.07, 6.45) is 4.07. The molecule has 0 radical (unpaired) electrons. The molecular weight excluding hydrogens is 251 g/mol. The lowest BCUT2D eigenvalue weighted by atomic mass is 10.0. The zero-order chi connectivity index (χ0) is 14.3. The molecule has 108 valence electrons. The van der Waals surface area contributed by atoms with Gasteiger partial charge in [0.25, 0.3) is 0 Å². The van der Waals surface area contributed by atoms with E-state index in [-0.39, 0.29) is 5.56 Å². The fourth-order valence-corrected chi connectivity index (χ4v) is 1.98. The van der Waals surface area contributed by atoms with Crippen LogP contribution in [-0.4, -0.2) is 12.6 Å². The lowest BCUT2D eigenvalue weighted by Crippen LogP contribution is -2.23. The Labute approximate surface area is 113 Å². The molecule has 0 aliphatic heterocycles. The maximum absolute atomic E-state index is 13.3. The van der Waals surface area contributed by atoms with Crippen LogP contribution in [0.15, 0.2) is 12.1 Å². The van der Waals surface area contributed by atoms with Gasteiger partial charge in [0, 0.05) is 23.7 Å². The fraction of sp³-hybridized carbons (Fsp3) is 0.600. The molecule has 0 bridgehead atoms. The van der Waals surface area contributed by atoms with E-state index >= 15 is 0 Å². The molecule has 0 atom stereocenters. The van der Waals surface area contributed by atoms with E-state index in [1.54, 1.807) is 0 Å². The number of benzene rings is 1. The topological polar surface area (TPSA) is 12.0 Å². The van der Waals surface area contributed by atoms with E-state index in [4.69, 9.17) is 0 Å². The minimum absolute atomic E-state index is 0.00158. The first-order chi connectivity index (χ1) is 9.00. The van der Waals surface area contributed by atoms with Crippen LogP contribution in [0.3, 0.4) is 0 Å². The van der Waals surface area contributed by atoms with Crippen molar-refractivity contribution < 1.29 is 13.2 Å². The van der Waals surface area contributed by atoms with Crippen molar-refractivity contribution in [1.82, 2.24) is 5.32 Å². The van der Waals surface area contributed by atoms with Crippen molar-refractivity contribution in [3.63, 3.8) is 0 Å². The van der Waals surface area contributed by atoms with Gasteiger partial charge in [0.2, 0.25) is 0 Å². The third-order valence-electron chi connectivity index (χ3n) is 3.01. The summed E-state index contributed by atoms with van der Waals surface area (Å²) in [6.45, 7) is 5.16. The summed E-state index contributed by atoms with van der Waals surface area (Å²) in [5, 5.41) is 3.32. The maximum atomic E-state index is 13.3. The van der Waals surface area contributed by atoms with Crippen LogP contribution in [0.1, 0.15) is 45.1 Å². The Morgan fingerprint density at radius 3 is 2.11 bits per heavy atom. The van der Waals surface area contributed by atoms with Gasteiger partial charge >= 0.3 is 0 Å². The number of nitrogens with one attached hydrogen (secondary N) is 1. The minimum Gasteiger partial charge on any atom is -0.315 e. The van der Waals surface area contributed by atoms with Crippen LogP contribution in [0.2, 0.25) is 0 Å². The molecule has 1 nitrogen and oxygen atoms in total. The van der Waals surface area contributed by atoms with E-state index in [0.717, 1.165) is 44.4 Å². The van der Waals surface area contributed by atoms with Crippen molar-refractivity contribution >= 4 is 0 Å². The normalized spacial score (nSPS) is 11.3. The Bertz CT molecular complexity index is 368. The van der Waals surface area contributed by atoms with E-state index in [1.165, 1.54) is 0 Å². The highest BCUT2D eigenvalue weighted by molar-refractivity contribution is 5.20. The molecule has 0 saturated carbocycles. The highest BCUT2D eigenvalue weighted by Crippen LogP contribution is 2.17. The highest BCUT2D eigenvalue weighted by atomic mass is 19.1. The first-order valence-corrected chi connectivity index (χ1v) is 6.87. The molecule has 1 aromatic rings. The summed E-state index contributed by atoms with van der Waals surface area (Å²) in [6, 6.07) is 1.97. The number of halogens is 3. The summed E-state index contributed by atoms with van der Waals surface area (Å²) < 4.78 is 39.4. The van der Waals surface area contributed by atoms with E-state index in [0.29, 0.717) is 12.5 Å². The van der Waals surface area contributed by atoms with Gasteiger partial charge in [-0.3, -0.25) is 0 Å². The van der Waals surface area contributed by atoms with Crippen LogP contribution in [0.5, 0.6) is 0 Å². The molecule has 0 fully saturated rings. The lowest BCUT2D eigenvalue weighted by Gasteiger charge is -2.08. The SMILES string of the molecule is CC(C)NCCCCCCc1c(F)cc(F)cc1F. The summed E-state index contributed by atoms with van der Waals surface area (Å²) in [5.41, 5.74) is 0.00158. The average molecular weight is 273 g/mol. The zero-order valence-corrected chi connectivity index (χ0v) is 11.6. The van der Waals surface area contributed by atoms with Crippen LogP contribution in [0.25, 0.3) is 0 Å². The van der Waals surface area contributed by atoms with Crippen molar-refractivity contribution in [3.05, 3.63) is 35.1 Å². The van der Waals surface area contributed by atoms with Gasteiger partial charge in [0.05, 0.1) is 0 Å². The molecule has 0 aromatic heterocycles. The van der Waals surface area contributed by atoms with Crippen LogP contribution in [0, 0.1) is 17.5 Å². The summed E-state index contributed by atoms with van der Waals surface area (Å²) in [4.78, 5) is 0. The van der Waals surface area contributed by atoms with Crippen LogP contribution in [-0.2, 0) is 6.42 Å². The van der Waals surface area contributed by atoms with Gasteiger partial charge in [0.15, 0.2) is 0 Å². The largest absolute Gasteiger partial charge is 0.315 e. The summed E-state index contributed by atoms with van der Waals surface area (Å²) in [7, 11) is 0. The Morgan fingerprint density at radius 1 is 0.947 bits per heavy atom. The Kier molecular flexibility index (Phi) is 6.92. The lowest BCUT2D eigenvalue weighted by molar-refractivity contribution is 0.510. The van der Waals surface area contributed by atoms with Crippen LogP contribution in [0.4, 0.5) is 13.2 Å². The molecule has 0 heterocycles. The van der Waals surface area contributed by atoms with E-state index in [1.807, 2.05) is 0 Å². The number of hydrogen-bond acceptors (Lipinski definition) is 1. The Morgan fingerprint density at radius 2 is 1.53 bits per heavy atom. The molecule has 19 heavy (non-hydrogen) atoms. The van der Waals surface area contributed by atoms with E-state index in [2.05, 4.69) is 19.2 Å². The third-order valence-corrected chi connectivity index (χ3v) is 3.01. The second kappa shape index (κ2) is 8.20. The summed E-state index contributed by atoms with van der Waals surface area (Å²) >= 11 is 0. The smallest absolute Gasteiger partial charge is 0.132 e. The predicted octanol–water partition coefficient (Wildman–Crippen LogP) is 4.20. The van der Waals surface area contributed by atoms with Crippen LogP contribution < -0.4 is 5.32 Å². The van der Waals surface area contributed by atoms with Crippen molar-refractivity contribution in [3.8, 4) is 0 Å². The standard InChI is InChI=1S/C15H22F3N/c1-11(2)19-8-6-4-3-5-7-13-14(17)9-12(16)10-15(13)18/h9-11,19H,3-8H2,1-2H3. The predicted molar refractivity (Wildman–Crippen MR) is 71.6 cm³/mol. The zero-order valence-electron chi connectivity index (χ0n) is 11.6. The van der Waals surface area contributed by atoms with Gasteiger partial charge in [-0.15, -0.1) is 0 Å². The molecule has 0 amide bonds. The van der Waals surface area contributed by atoms with Gasteiger partial charge in [-0.2, -0.15) is 0 Å². The molecule has 0 saturated heterocycles. The molecule has 4 heteroatoms. The first kappa shape index (κ1) is 16.0. The van der Waals surface area contributed by atoms with Gasteiger partial charge in [0.1, 0.15) is 17.5 Å². The molecule has 1 rings (SSSR count). The average Bonchev–Trinajstić information content (AvgIpc) is 2.30. The molecular formula is C15H22F3N. The van der Waals surface area contributed by atoms with E-state index < -0.39 is 17.5 Å². The second-order valence-corrected chi connectivity index (χ2v) is 5.12.